The number of nitrogens with one attached hydrogen (secondary N) is 1. The maximum atomic E-state index is 11.5. The first kappa shape index (κ1) is 12.6. The first-order valence-electron chi connectivity index (χ1n) is 4.95. The zero-order chi connectivity index (χ0) is 12.1. The number of esters is 1. The lowest BCUT2D eigenvalue weighted by molar-refractivity contribution is -0.459. The second-order valence-corrected chi connectivity index (χ2v) is 4.39. The Kier molecular flexibility index (Phi) is 4.42. The molecule has 0 aliphatic rings. The highest BCUT2D eigenvalue weighted by atomic mass is 32.1. The van der Waals surface area contributed by atoms with E-state index in [9.17, 15) is 4.79 Å². The molecule has 0 atom stereocenters. The number of hydrogen-bond acceptors (Lipinski definition) is 4. The molecule has 0 aromatic carbocycles. The van der Waals surface area contributed by atoms with E-state index in [0.717, 1.165) is 0 Å². The van der Waals surface area contributed by atoms with Crippen molar-refractivity contribution in [3.05, 3.63) is 10.6 Å². The van der Waals surface area contributed by atoms with Crippen LogP contribution in [0.3, 0.4) is 0 Å². The molecule has 1 aromatic rings. The van der Waals surface area contributed by atoms with Gasteiger partial charge in [-0.1, -0.05) is 11.3 Å². The molecule has 0 aliphatic heterocycles. The molecule has 1 N–H and O–H groups in total. The first-order valence-corrected chi connectivity index (χ1v) is 5.77. The molecule has 1 rings (SSSR count). The number of aromatic nitrogens is 1. The summed E-state index contributed by atoms with van der Waals surface area (Å²) < 4.78 is 6.79. The average Bonchev–Trinajstić information content (AvgIpc) is 2.57. The lowest BCUT2D eigenvalue weighted by atomic mass is 10.4. The summed E-state index contributed by atoms with van der Waals surface area (Å²) in [6.07, 6.45) is 1.77. The highest BCUT2D eigenvalue weighted by Crippen LogP contribution is 2.22. The molecule has 5 nitrogen and oxygen atoms in total. The van der Waals surface area contributed by atoms with Gasteiger partial charge in [0.2, 0.25) is 6.34 Å². The number of aryl methyl sites for hydroxylation is 1. The Bertz CT molecular complexity index is 408. The second-order valence-electron chi connectivity index (χ2n) is 3.39. The van der Waals surface area contributed by atoms with Crippen molar-refractivity contribution in [1.82, 2.24) is 4.98 Å². The Hall–Kier alpha value is -1.43. The van der Waals surface area contributed by atoms with E-state index in [2.05, 4.69) is 10.3 Å². The van der Waals surface area contributed by atoms with Crippen LogP contribution in [-0.2, 0) is 4.74 Å². The number of thiazole rings is 1. The first-order chi connectivity index (χ1) is 7.54. The molecule has 0 bridgehead atoms. The van der Waals surface area contributed by atoms with Gasteiger partial charge in [-0.15, -0.1) is 0 Å². The van der Waals surface area contributed by atoms with Crippen LogP contribution in [0.15, 0.2) is 0 Å². The van der Waals surface area contributed by atoms with E-state index in [1.54, 1.807) is 20.2 Å². The van der Waals surface area contributed by atoms with Crippen LogP contribution in [0.2, 0.25) is 0 Å². The van der Waals surface area contributed by atoms with E-state index in [-0.39, 0.29) is 5.97 Å². The van der Waals surface area contributed by atoms with Gasteiger partial charge in [-0.2, -0.15) is 0 Å². The third kappa shape index (κ3) is 3.30. The standard InChI is InChI=1S/C10H15N3O2S/c1-5-15-9(14)8-7(2)12-10(16-8)11-6-13(3)4/h6H,5H2,1-4H3/p+1. The molecule has 0 radical (unpaired) electrons. The van der Waals surface area contributed by atoms with E-state index in [1.807, 2.05) is 18.7 Å². The molecule has 0 fully saturated rings. The fourth-order valence-electron chi connectivity index (χ4n) is 1.03. The van der Waals surface area contributed by atoms with Crippen molar-refractivity contribution in [2.24, 2.45) is 0 Å². The Morgan fingerprint density at radius 1 is 1.62 bits per heavy atom. The van der Waals surface area contributed by atoms with Crippen LogP contribution < -0.4 is 5.32 Å². The minimum absolute atomic E-state index is 0.310. The molecular weight excluding hydrogens is 226 g/mol. The van der Waals surface area contributed by atoms with Gasteiger partial charge >= 0.3 is 5.97 Å². The fourth-order valence-corrected chi connectivity index (χ4v) is 1.85. The highest BCUT2D eigenvalue weighted by molar-refractivity contribution is 7.17. The van der Waals surface area contributed by atoms with Crippen LogP contribution in [-0.4, -0.2) is 42.6 Å². The summed E-state index contributed by atoms with van der Waals surface area (Å²) in [5, 5.41) is 3.69. The van der Waals surface area contributed by atoms with Crippen molar-refractivity contribution in [3.63, 3.8) is 0 Å². The number of carbonyl (C=O) groups excluding carboxylic acids is 1. The van der Waals surface area contributed by atoms with Crippen LogP contribution >= 0.6 is 11.3 Å². The number of hydrogen-bond donors (Lipinski definition) is 1. The third-order valence-corrected chi connectivity index (χ3v) is 2.77. The van der Waals surface area contributed by atoms with E-state index in [1.165, 1.54) is 11.3 Å². The normalized spacial score (nSPS) is 9.75. The van der Waals surface area contributed by atoms with Gasteiger partial charge in [0.25, 0.3) is 5.13 Å². The van der Waals surface area contributed by atoms with Gasteiger partial charge in [0, 0.05) is 0 Å². The van der Waals surface area contributed by atoms with Crippen molar-refractivity contribution >= 4 is 28.8 Å². The molecule has 88 valence electrons. The molecule has 0 aliphatic carbocycles. The Morgan fingerprint density at radius 3 is 2.88 bits per heavy atom. The minimum atomic E-state index is -0.310. The molecule has 0 spiro atoms. The fraction of sp³-hybridized carbons (Fsp3) is 0.500. The predicted octanol–water partition coefficient (Wildman–Crippen LogP) is 1.34. The zero-order valence-electron chi connectivity index (χ0n) is 9.90. The molecule has 16 heavy (non-hydrogen) atoms. The SMILES string of the molecule is CCOC(=O)c1sc(NC=[N+](C)C)nc1C. The molecule has 0 saturated carbocycles. The number of nitrogens with zero attached hydrogens (tertiary/aromatic N) is 2. The molecule has 0 unspecified atom stereocenters. The Balaban J connectivity index is 2.81. The van der Waals surface area contributed by atoms with Crippen LogP contribution in [0.5, 0.6) is 0 Å². The summed E-state index contributed by atoms with van der Waals surface area (Å²) >= 11 is 1.29. The Morgan fingerprint density at radius 2 is 2.31 bits per heavy atom. The third-order valence-electron chi connectivity index (χ3n) is 1.70. The number of carbonyl (C=O) groups is 1. The molecular formula is C10H16N3O2S+. The van der Waals surface area contributed by atoms with Gasteiger partial charge in [-0.3, -0.25) is 4.58 Å². The van der Waals surface area contributed by atoms with E-state index in [4.69, 9.17) is 4.74 Å². The van der Waals surface area contributed by atoms with Gasteiger partial charge in [0.05, 0.1) is 26.4 Å². The van der Waals surface area contributed by atoms with Gasteiger partial charge in [0.15, 0.2) is 0 Å². The monoisotopic (exact) mass is 242 g/mol. The van der Waals surface area contributed by atoms with Gasteiger partial charge < -0.3 is 4.74 Å². The van der Waals surface area contributed by atoms with Crippen molar-refractivity contribution < 1.29 is 14.1 Å². The van der Waals surface area contributed by atoms with Gasteiger partial charge in [0.1, 0.15) is 4.88 Å². The van der Waals surface area contributed by atoms with E-state index in [0.29, 0.717) is 22.3 Å². The van der Waals surface area contributed by atoms with Crippen molar-refractivity contribution in [2.45, 2.75) is 13.8 Å². The molecule has 6 heteroatoms. The maximum Gasteiger partial charge on any atom is 0.350 e. The topological polar surface area (TPSA) is 54.2 Å². The molecule has 1 heterocycles. The second kappa shape index (κ2) is 5.60. The van der Waals surface area contributed by atoms with Crippen molar-refractivity contribution in [1.29, 1.82) is 0 Å². The minimum Gasteiger partial charge on any atom is -0.462 e. The summed E-state index contributed by atoms with van der Waals surface area (Å²) in [4.78, 5) is 16.3. The number of rotatable bonds is 4. The largest absolute Gasteiger partial charge is 0.462 e. The van der Waals surface area contributed by atoms with Crippen LogP contribution in [0.4, 0.5) is 5.13 Å². The van der Waals surface area contributed by atoms with E-state index >= 15 is 0 Å². The summed E-state index contributed by atoms with van der Waals surface area (Å²) in [6.45, 7) is 3.96. The quantitative estimate of drug-likeness (QED) is 0.375. The van der Waals surface area contributed by atoms with E-state index < -0.39 is 0 Å². The summed E-state index contributed by atoms with van der Waals surface area (Å²) in [5.41, 5.74) is 0.693. The lowest BCUT2D eigenvalue weighted by Crippen LogP contribution is -2.06. The molecule has 0 amide bonds. The van der Waals surface area contributed by atoms with Gasteiger partial charge in [-0.05, 0) is 13.8 Å². The maximum absolute atomic E-state index is 11.5. The summed E-state index contributed by atoms with van der Waals surface area (Å²) in [7, 11) is 3.81. The highest BCUT2D eigenvalue weighted by Gasteiger charge is 2.17. The smallest absolute Gasteiger partial charge is 0.350 e. The van der Waals surface area contributed by atoms with Crippen LogP contribution in [0.25, 0.3) is 0 Å². The van der Waals surface area contributed by atoms with Crippen LogP contribution in [0, 0.1) is 6.92 Å². The number of anilines is 1. The predicted molar refractivity (Wildman–Crippen MR) is 64.6 cm³/mol. The Labute approximate surface area is 98.8 Å². The molecule has 1 aromatic heterocycles. The summed E-state index contributed by atoms with van der Waals surface area (Å²) in [5.74, 6) is -0.310. The number of ether oxygens (including phenoxy) is 1. The van der Waals surface area contributed by atoms with Gasteiger partial charge in [-0.25, -0.2) is 15.1 Å². The summed E-state index contributed by atoms with van der Waals surface area (Å²) in [6, 6.07) is 0. The van der Waals surface area contributed by atoms with Crippen molar-refractivity contribution in [3.8, 4) is 0 Å². The van der Waals surface area contributed by atoms with Crippen molar-refractivity contribution in [2.75, 3.05) is 26.0 Å². The van der Waals surface area contributed by atoms with Crippen LogP contribution in [0.1, 0.15) is 22.3 Å². The zero-order valence-corrected chi connectivity index (χ0v) is 10.7. The lowest BCUT2D eigenvalue weighted by Gasteiger charge is -1.97. The molecule has 0 saturated heterocycles. The average molecular weight is 242 g/mol.